The van der Waals surface area contributed by atoms with Gasteiger partial charge in [0.2, 0.25) is 0 Å². The van der Waals surface area contributed by atoms with Crippen molar-refractivity contribution < 1.29 is 0 Å². The molecule has 0 heterocycles. The first-order chi connectivity index (χ1) is 5.79. The molecule has 1 atom stereocenters. The second-order valence-corrected chi connectivity index (χ2v) is 4.81. The van der Waals surface area contributed by atoms with Crippen LogP contribution in [-0.4, -0.2) is 0 Å². The van der Waals surface area contributed by atoms with Gasteiger partial charge in [-0.05, 0) is 23.6 Å². The lowest BCUT2D eigenvalue weighted by molar-refractivity contribution is 0.971. The van der Waals surface area contributed by atoms with Crippen molar-refractivity contribution in [1.82, 2.24) is 0 Å². The highest BCUT2D eigenvalue weighted by Crippen LogP contribution is 2.37. The van der Waals surface area contributed by atoms with Gasteiger partial charge in [0.05, 0.1) is 0 Å². The van der Waals surface area contributed by atoms with E-state index in [0.29, 0.717) is 4.83 Å². The molecule has 1 aromatic carbocycles. The van der Waals surface area contributed by atoms with E-state index in [0.717, 1.165) is 6.42 Å². The van der Waals surface area contributed by atoms with Gasteiger partial charge in [-0.3, -0.25) is 0 Å². The van der Waals surface area contributed by atoms with Crippen molar-refractivity contribution in [3.05, 3.63) is 39.9 Å². The molecule has 0 saturated carbocycles. The fraction of sp³-hybridized carbons (Fsp3) is 0.200. The molecule has 62 valence electrons. The Morgan fingerprint density at radius 1 is 1.33 bits per heavy atom. The molecule has 0 amide bonds. The van der Waals surface area contributed by atoms with Crippen molar-refractivity contribution in [2.24, 2.45) is 0 Å². The van der Waals surface area contributed by atoms with Crippen LogP contribution in [0.3, 0.4) is 0 Å². The molecule has 0 N–H and O–H groups in total. The molecule has 1 aliphatic rings. The smallest absolute Gasteiger partial charge is 0.0436 e. The van der Waals surface area contributed by atoms with Crippen LogP contribution in [-0.2, 0) is 0 Å². The Morgan fingerprint density at radius 2 is 2.17 bits per heavy atom. The Kier molecular flexibility index (Phi) is 2.37. The zero-order valence-electron chi connectivity index (χ0n) is 6.43. The summed E-state index contributed by atoms with van der Waals surface area (Å²) in [6, 6.07) is 6.33. The minimum atomic E-state index is 0.481. The van der Waals surface area contributed by atoms with E-state index in [1.807, 2.05) is 0 Å². The predicted octanol–water partition coefficient (Wildman–Crippen LogP) is 4.30. The Bertz CT molecular complexity index is 329. The molecule has 2 heteroatoms. The summed E-state index contributed by atoms with van der Waals surface area (Å²) in [7, 11) is 0. The average Bonchev–Trinajstić information content (AvgIpc) is 2.07. The van der Waals surface area contributed by atoms with Crippen molar-refractivity contribution in [3.8, 4) is 0 Å². The Hall–Kier alpha value is -0.0800. The molecule has 12 heavy (non-hydrogen) atoms. The third-order valence-electron chi connectivity index (χ3n) is 2.05. The molecule has 0 bridgehead atoms. The second-order valence-electron chi connectivity index (χ2n) is 2.85. The van der Waals surface area contributed by atoms with Crippen LogP contribution in [0.5, 0.6) is 0 Å². The Labute approximate surface area is 88.9 Å². The summed E-state index contributed by atoms with van der Waals surface area (Å²) in [4.78, 5) is 0.481. The molecule has 0 aromatic heterocycles. The van der Waals surface area contributed by atoms with Gasteiger partial charge in [0.1, 0.15) is 0 Å². The fourth-order valence-electron chi connectivity index (χ4n) is 1.44. The van der Waals surface area contributed by atoms with Crippen molar-refractivity contribution >= 4 is 37.9 Å². The lowest BCUT2D eigenvalue weighted by atomic mass is 9.98. The molecule has 0 spiro atoms. The summed E-state index contributed by atoms with van der Waals surface area (Å²) in [5.74, 6) is 0. The maximum Gasteiger partial charge on any atom is 0.0436 e. The van der Waals surface area contributed by atoms with Crippen LogP contribution in [0.25, 0.3) is 6.08 Å². The van der Waals surface area contributed by atoms with Crippen molar-refractivity contribution in [2.45, 2.75) is 11.2 Å². The van der Waals surface area contributed by atoms with Crippen LogP contribution >= 0.6 is 31.9 Å². The minimum Gasteiger partial charge on any atom is -0.0835 e. The molecule has 0 radical (unpaired) electrons. The number of allylic oxidation sites excluding steroid dienone is 1. The minimum absolute atomic E-state index is 0.481. The third-order valence-corrected chi connectivity index (χ3v) is 3.61. The zero-order chi connectivity index (χ0) is 8.55. The van der Waals surface area contributed by atoms with Gasteiger partial charge in [-0.25, -0.2) is 0 Å². The van der Waals surface area contributed by atoms with E-state index >= 15 is 0 Å². The van der Waals surface area contributed by atoms with Crippen LogP contribution in [0, 0.1) is 0 Å². The first-order valence-corrected chi connectivity index (χ1v) is 5.59. The van der Waals surface area contributed by atoms with Crippen LogP contribution in [0.15, 0.2) is 28.7 Å². The van der Waals surface area contributed by atoms with Gasteiger partial charge in [-0.2, -0.15) is 0 Å². The Morgan fingerprint density at radius 3 is 2.92 bits per heavy atom. The average molecular weight is 288 g/mol. The topological polar surface area (TPSA) is 0 Å². The molecule has 2 rings (SSSR count). The van der Waals surface area contributed by atoms with Gasteiger partial charge < -0.3 is 0 Å². The number of benzene rings is 1. The highest BCUT2D eigenvalue weighted by molar-refractivity contribution is 9.10. The molecule has 0 fully saturated rings. The summed E-state index contributed by atoms with van der Waals surface area (Å²) >= 11 is 7.19. The molecular formula is C10H8Br2. The summed E-state index contributed by atoms with van der Waals surface area (Å²) in [6.07, 6.45) is 5.47. The van der Waals surface area contributed by atoms with Crippen molar-refractivity contribution in [2.75, 3.05) is 0 Å². The summed E-state index contributed by atoms with van der Waals surface area (Å²) in [5, 5.41) is 0. The fourth-order valence-corrected chi connectivity index (χ4v) is 2.56. The van der Waals surface area contributed by atoms with E-state index in [1.54, 1.807) is 0 Å². The number of rotatable bonds is 0. The van der Waals surface area contributed by atoms with Crippen molar-refractivity contribution in [1.29, 1.82) is 0 Å². The molecule has 0 aliphatic heterocycles. The van der Waals surface area contributed by atoms with Crippen LogP contribution in [0.2, 0.25) is 0 Å². The van der Waals surface area contributed by atoms with Gasteiger partial charge >= 0.3 is 0 Å². The maximum absolute atomic E-state index is 3.65. The quantitative estimate of drug-likeness (QED) is 0.624. The lowest BCUT2D eigenvalue weighted by Crippen LogP contribution is -1.97. The number of hydrogen-bond donors (Lipinski definition) is 0. The molecule has 1 unspecified atom stereocenters. The molecule has 1 aliphatic carbocycles. The predicted molar refractivity (Wildman–Crippen MR) is 59.5 cm³/mol. The highest BCUT2D eigenvalue weighted by atomic mass is 79.9. The number of hydrogen-bond acceptors (Lipinski definition) is 0. The maximum atomic E-state index is 3.65. The first-order valence-electron chi connectivity index (χ1n) is 3.88. The van der Waals surface area contributed by atoms with Crippen molar-refractivity contribution in [3.63, 3.8) is 0 Å². The van der Waals surface area contributed by atoms with E-state index < -0.39 is 0 Å². The molecule has 0 saturated heterocycles. The van der Waals surface area contributed by atoms with Gasteiger partial charge in [0, 0.05) is 9.30 Å². The van der Waals surface area contributed by atoms with Crippen LogP contribution in [0.1, 0.15) is 22.4 Å². The van der Waals surface area contributed by atoms with E-state index in [9.17, 15) is 0 Å². The van der Waals surface area contributed by atoms with Gasteiger partial charge in [-0.1, -0.05) is 56.1 Å². The lowest BCUT2D eigenvalue weighted by Gasteiger charge is -2.16. The highest BCUT2D eigenvalue weighted by Gasteiger charge is 2.14. The van der Waals surface area contributed by atoms with Gasteiger partial charge in [0.25, 0.3) is 0 Å². The largest absolute Gasteiger partial charge is 0.0835 e. The standard InChI is InChI=1S/C10H8Br2/c11-9-5-1-3-7-8(9)4-2-6-10(7)12/h1-5,10H,6H2. The van der Waals surface area contributed by atoms with E-state index in [2.05, 4.69) is 62.2 Å². The SMILES string of the molecule is Brc1cccc2c1C=CCC2Br. The summed E-state index contributed by atoms with van der Waals surface area (Å²) in [6.45, 7) is 0. The normalized spacial score (nSPS) is 20.7. The van der Waals surface area contributed by atoms with E-state index in [4.69, 9.17) is 0 Å². The summed E-state index contributed by atoms with van der Waals surface area (Å²) in [5.41, 5.74) is 2.69. The second kappa shape index (κ2) is 3.35. The number of fused-ring (bicyclic) bond motifs is 1. The molecule has 1 aromatic rings. The van der Waals surface area contributed by atoms with E-state index in [-0.39, 0.29) is 0 Å². The molecular weight excluding hydrogens is 280 g/mol. The van der Waals surface area contributed by atoms with E-state index in [1.165, 1.54) is 15.6 Å². The zero-order valence-corrected chi connectivity index (χ0v) is 9.60. The van der Waals surface area contributed by atoms with Crippen LogP contribution in [0.4, 0.5) is 0 Å². The number of alkyl halides is 1. The Balaban J connectivity index is 2.61. The summed E-state index contributed by atoms with van der Waals surface area (Å²) < 4.78 is 1.18. The number of halogens is 2. The first kappa shape index (κ1) is 8.52. The van der Waals surface area contributed by atoms with Crippen LogP contribution < -0.4 is 0 Å². The monoisotopic (exact) mass is 286 g/mol. The van der Waals surface area contributed by atoms with Gasteiger partial charge in [0.15, 0.2) is 0 Å². The molecule has 0 nitrogen and oxygen atoms in total. The van der Waals surface area contributed by atoms with Gasteiger partial charge in [-0.15, -0.1) is 0 Å². The third kappa shape index (κ3) is 1.38.